The van der Waals surface area contributed by atoms with Crippen molar-refractivity contribution in [2.75, 3.05) is 0 Å². The molecule has 0 aliphatic heterocycles. The molecule has 0 aliphatic carbocycles. The number of amides is 4. The summed E-state index contributed by atoms with van der Waals surface area (Å²) in [6, 6.07) is 0. The first-order chi connectivity index (χ1) is 12.4. The fourth-order valence-corrected chi connectivity index (χ4v) is 1.88. The van der Waals surface area contributed by atoms with Crippen LogP contribution in [-0.4, -0.2) is 23.6 Å². The van der Waals surface area contributed by atoms with Gasteiger partial charge in [0.2, 0.25) is 23.6 Å². The summed E-state index contributed by atoms with van der Waals surface area (Å²) in [5, 5.41) is 11.3. The van der Waals surface area contributed by atoms with Gasteiger partial charge in [0.1, 0.15) is 0 Å². The Morgan fingerprint density at radius 1 is 0.615 bits per heavy atom. The molecule has 16 heteroatoms. The topological polar surface area (TPSA) is 263 Å². The molecular weight excluding hydrogens is 352 g/mol. The first kappa shape index (κ1) is 21.9. The fourth-order valence-electron chi connectivity index (χ4n) is 1.88. The van der Waals surface area contributed by atoms with E-state index in [4.69, 9.17) is 22.1 Å². The highest BCUT2D eigenvalue weighted by molar-refractivity contribution is 5.87. The molecule has 0 aromatic heterocycles. The molecule has 0 aromatic carbocycles. The number of hydrogen-bond donors (Lipinski definition) is 0. The second-order valence-corrected chi connectivity index (χ2v) is 4.60. The highest BCUT2D eigenvalue weighted by atomic mass is 16.2. The van der Waals surface area contributed by atoms with Crippen molar-refractivity contribution in [3.63, 3.8) is 0 Å². The van der Waals surface area contributed by atoms with E-state index in [-0.39, 0.29) is 12.8 Å². The lowest BCUT2D eigenvalue weighted by atomic mass is 9.90. The number of carbonyl (C=O) groups excluding carboxylic acids is 4. The second-order valence-electron chi connectivity index (χ2n) is 4.60. The van der Waals surface area contributed by atoms with E-state index in [2.05, 4.69) is 40.1 Å². The molecule has 2 atom stereocenters. The van der Waals surface area contributed by atoms with E-state index in [1.54, 1.807) is 0 Å². The Hall–Kier alpha value is -4.08. The quantitative estimate of drug-likeness (QED) is 0.339. The maximum atomic E-state index is 11.7. The summed E-state index contributed by atoms with van der Waals surface area (Å²) in [5.41, 5.74) is 33.0. The monoisotopic (exact) mass is 362 g/mol. The molecule has 0 bridgehead atoms. The Kier molecular flexibility index (Phi) is 10.4. The van der Waals surface area contributed by atoms with E-state index in [1.807, 2.05) is 0 Å². The third-order valence-corrected chi connectivity index (χ3v) is 3.00. The van der Waals surface area contributed by atoms with Crippen LogP contribution in [0.5, 0.6) is 0 Å². The molecular formula is C10H10N12O4. The van der Waals surface area contributed by atoms with E-state index in [0.717, 1.165) is 0 Å². The van der Waals surface area contributed by atoms with Crippen molar-refractivity contribution in [3.05, 3.63) is 41.8 Å². The number of hydrogen-bond acceptors (Lipinski definition) is 4. The normalized spacial score (nSPS) is 11.2. The van der Waals surface area contributed by atoms with Crippen LogP contribution in [-0.2, 0) is 19.2 Å². The van der Waals surface area contributed by atoms with Gasteiger partial charge in [-0.05, 0) is 55.4 Å². The van der Waals surface area contributed by atoms with Gasteiger partial charge in [-0.25, -0.2) is 0 Å². The third-order valence-electron chi connectivity index (χ3n) is 3.00. The zero-order valence-corrected chi connectivity index (χ0v) is 13.0. The van der Waals surface area contributed by atoms with Crippen LogP contribution in [0.1, 0.15) is 25.7 Å². The standard InChI is InChI=1S/C10H10N12O4/c11-19-15-7(23)3-5(9(25)17-21-13)1-2-6(10(26)18-22-14)4-8(24)16-20-12/h5-6H,1-4H2. The molecule has 0 heterocycles. The van der Waals surface area contributed by atoms with E-state index in [9.17, 15) is 19.2 Å². The van der Waals surface area contributed by atoms with Crippen LogP contribution in [0.4, 0.5) is 0 Å². The highest BCUT2D eigenvalue weighted by Crippen LogP contribution is 2.22. The maximum Gasteiger partial charge on any atom is 0.222 e. The van der Waals surface area contributed by atoms with E-state index < -0.39 is 48.3 Å². The number of carbonyl (C=O) groups is 4. The molecule has 0 N–H and O–H groups in total. The maximum absolute atomic E-state index is 11.7. The Morgan fingerprint density at radius 2 is 0.923 bits per heavy atom. The zero-order chi connectivity index (χ0) is 19.9. The molecule has 0 spiro atoms. The summed E-state index contributed by atoms with van der Waals surface area (Å²) in [6.45, 7) is 0. The Balaban J connectivity index is 5.33. The molecule has 134 valence electrons. The minimum atomic E-state index is -1.22. The van der Waals surface area contributed by atoms with Gasteiger partial charge < -0.3 is 0 Å². The molecule has 26 heavy (non-hydrogen) atoms. The van der Waals surface area contributed by atoms with Gasteiger partial charge in [0, 0.05) is 44.3 Å². The zero-order valence-electron chi connectivity index (χ0n) is 13.0. The van der Waals surface area contributed by atoms with Crippen molar-refractivity contribution < 1.29 is 19.2 Å². The SMILES string of the molecule is [N-]=[N+]=NC(=O)CC(CCC(CC(=O)N=[N+]=[N-])C(=O)N=[N+]=[N-])C(=O)N=[N+]=[N-]. The predicted molar refractivity (Wildman–Crippen MR) is 82.1 cm³/mol. The van der Waals surface area contributed by atoms with E-state index in [1.165, 1.54) is 0 Å². The van der Waals surface area contributed by atoms with Gasteiger partial charge in [0.25, 0.3) is 0 Å². The Bertz CT molecular complexity index is 714. The van der Waals surface area contributed by atoms with Gasteiger partial charge in [-0.15, -0.1) is 0 Å². The molecule has 16 nitrogen and oxygen atoms in total. The molecule has 0 radical (unpaired) electrons. The summed E-state index contributed by atoms with van der Waals surface area (Å²) in [6.07, 6.45) is -1.64. The molecule has 0 saturated heterocycles. The van der Waals surface area contributed by atoms with Crippen LogP contribution in [0.3, 0.4) is 0 Å². The smallest absolute Gasteiger partial charge is 0.222 e. The Labute approximate surface area is 143 Å². The van der Waals surface area contributed by atoms with Gasteiger partial charge >= 0.3 is 0 Å². The van der Waals surface area contributed by atoms with Gasteiger partial charge in [0.05, 0.1) is 0 Å². The number of nitrogens with zero attached hydrogens (tertiary/aromatic N) is 12. The molecule has 0 fully saturated rings. The van der Waals surface area contributed by atoms with Gasteiger partial charge in [0.15, 0.2) is 0 Å². The molecule has 0 aromatic rings. The summed E-state index contributed by atoms with van der Waals surface area (Å²) in [7, 11) is 0. The van der Waals surface area contributed by atoms with Crippen molar-refractivity contribution in [3.8, 4) is 0 Å². The summed E-state index contributed by atoms with van der Waals surface area (Å²) in [5.74, 6) is -6.51. The number of rotatable bonds is 9. The van der Waals surface area contributed by atoms with E-state index in [0.29, 0.717) is 0 Å². The first-order valence-corrected chi connectivity index (χ1v) is 6.73. The number of azide groups is 4. The fraction of sp³-hybridized carbons (Fsp3) is 0.600. The Morgan fingerprint density at radius 3 is 1.19 bits per heavy atom. The van der Waals surface area contributed by atoms with Crippen molar-refractivity contribution in [1.82, 2.24) is 0 Å². The van der Waals surface area contributed by atoms with Crippen molar-refractivity contribution in [2.45, 2.75) is 25.7 Å². The minimum Gasteiger partial charge on any atom is -0.293 e. The molecule has 0 aliphatic rings. The van der Waals surface area contributed by atoms with Crippen LogP contribution in [0.25, 0.3) is 41.8 Å². The second kappa shape index (κ2) is 12.4. The highest BCUT2D eigenvalue weighted by Gasteiger charge is 2.26. The third kappa shape index (κ3) is 8.53. The average molecular weight is 362 g/mol. The largest absolute Gasteiger partial charge is 0.293 e. The lowest BCUT2D eigenvalue weighted by Crippen LogP contribution is -2.21. The molecule has 0 rings (SSSR count). The average Bonchev–Trinajstić information content (AvgIpc) is 2.58. The van der Waals surface area contributed by atoms with Crippen LogP contribution >= 0.6 is 0 Å². The van der Waals surface area contributed by atoms with Crippen molar-refractivity contribution in [2.24, 2.45) is 32.3 Å². The van der Waals surface area contributed by atoms with Crippen LogP contribution in [0.2, 0.25) is 0 Å². The van der Waals surface area contributed by atoms with Crippen LogP contribution in [0, 0.1) is 11.8 Å². The molecule has 4 amide bonds. The summed E-state index contributed by atoms with van der Waals surface area (Å²) < 4.78 is 0. The van der Waals surface area contributed by atoms with Crippen molar-refractivity contribution in [1.29, 1.82) is 0 Å². The summed E-state index contributed by atoms with van der Waals surface area (Å²) in [4.78, 5) is 55.2. The van der Waals surface area contributed by atoms with Crippen LogP contribution < -0.4 is 0 Å². The van der Waals surface area contributed by atoms with Crippen molar-refractivity contribution >= 4 is 23.6 Å². The minimum absolute atomic E-state index is 0.231. The van der Waals surface area contributed by atoms with E-state index >= 15 is 0 Å². The van der Waals surface area contributed by atoms with Gasteiger partial charge in [-0.2, -0.15) is 0 Å². The lowest BCUT2D eigenvalue weighted by Gasteiger charge is -2.15. The molecule has 0 saturated carbocycles. The van der Waals surface area contributed by atoms with Gasteiger partial charge in [-0.3, -0.25) is 19.2 Å². The lowest BCUT2D eigenvalue weighted by molar-refractivity contribution is -0.128. The van der Waals surface area contributed by atoms with Crippen LogP contribution in [0.15, 0.2) is 20.5 Å². The summed E-state index contributed by atoms with van der Waals surface area (Å²) >= 11 is 0. The van der Waals surface area contributed by atoms with Gasteiger partial charge in [-0.1, -0.05) is 0 Å². The first-order valence-electron chi connectivity index (χ1n) is 6.73. The molecule has 2 unspecified atom stereocenters. The predicted octanol–water partition coefficient (Wildman–Crippen LogP) is 3.13.